The summed E-state index contributed by atoms with van der Waals surface area (Å²) in [6, 6.07) is 11.5. The van der Waals surface area contributed by atoms with Crippen LogP contribution >= 0.6 is 0 Å². The van der Waals surface area contributed by atoms with Gasteiger partial charge in [0, 0.05) is 19.4 Å². The highest BCUT2D eigenvalue weighted by molar-refractivity contribution is 5.71. The van der Waals surface area contributed by atoms with Gasteiger partial charge in [0.2, 0.25) is 0 Å². The SMILES string of the molecule is C[C@H](CC(=O)OC(C)(C)C)c1ccc(O[C@@H]2CCN(c3ccc(OCC4CC4(F)F)cn3)C2)cc1. The van der Waals surface area contributed by atoms with Gasteiger partial charge in [0.15, 0.2) is 0 Å². The van der Waals surface area contributed by atoms with Crippen LogP contribution in [-0.4, -0.2) is 48.3 Å². The van der Waals surface area contributed by atoms with Crippen LogP contribution in [0.1, 0.15) is 58.4 Å². The number of carbonyl (C=O) groups is 1. The second kappa shape index (κ2) is 9.99. The highest BCUT2D eigenvalue weighted by atomic mass is 19.3. The molecule has 2 fully saturated rings. The van der Waals surface area contributed by atoms with E-state index in [0.29, 0.717) is 18.7 Å². The van der Waals surface area contributed by atoms with Gasteiger partial charge >= 0.3 is 5.97 Å². The number of alkyl halides is 2. The lowest BCUT2D eigenvalue weighted by atomic mass is 9.98. The first kappa shape index (κ1) is 25.2. The summed E-state index contributed by atoms with van der Waals surface area (Å²) >= 11 is 0. The van der Waals surface area contributed by atoms with Crippen molar-refractivity contribution < 1.29 is 27.8 Å². The van der Waals surface area contributed by atoms with Gasteiger partial charge in [-0.15, -0.1) is 0 Å². The Morgan fingerprint density at radius 1 is 1.17 bits per heavy atom. The molecule has 3 atom stereocenters. The van der Waals surface area contributed by atoms with Crippen LogP contribution in [0.3, 0.4) is 0 Å². The third kappa shape index (κ3) is 7.05. The first-order valence-electron chi connectivity index (χ1n) is 12.2. The third-order valence-corrected chi connectivity index (χ3v) is 6.24. The van der Waals surface area contributed by atoms with Crippen LogP contribution in [0.25, 0.3) is 0 Å². The lowest BCUT2D eigenvalue weighted by molar-refractivity contribution is -0.155. The Labute approximate surface area is 205 Å². The van der Waals surface area contributed by atoms with Gasteiger partial charge in [-0.25, -0.2) is 13.8 Å². The summed E-state index contributed by atoms with van der Waals surface area (Å²) in [5.74, 6) is -1.29. The molecule has 1 aliphatic heterocycles. The summed E-state index contributed by atoms with van der Waals surface area (Å²) in [4.78, 5) is 18.7. The number of esters is 1. The van der Waals surface area contributed by atoms with Gasteiger partial charge < -0.3 is 19.1 Å². The number of nitrogens with zero attached hydrogens (tertiary/aromatic N) is 2. The van der Waals surface area contributed by atoms with E-state index in [1.54, 1.807) is 12.3 Å². The summed E-state index contributed by atoms with van der Waals surface area (Å²) < 4.78 is 43.0. The molecule has 0 bridgehead atoms. The number of anilines is 1. The number of hydrogen-bond acceptors (Lipinski definition) is 6. The fourth-order valence-corrected chi connectivity index (χ4v) is 4.14. The predicted octanol–water partition coefficient (Wildman–Crippen LogP) is 5.61. The Morgan fingerprint density at radius 3 is 2.46 bits per heavy atom. The Bertz CT molecular complexity index is 1010. The van der Waals surface area contributed by atoms with E-state index in [-0.39, 0.29) is 31.0 Å². The average molecular weight is 489 g/mol. The summed E-state index contributed by atoms with van der Waals surface area (Å²) in [5, 5.41) is 0. The smallest absolute Gasteiger partial charge is 0.306 e. The fraction of sp³-hybridized carbons (Fsp3) is 0.556. The molecule has 0 radical (unpaired) electrons. The summed E-state index contributed by atoms with van der Waals surface area (Å²) in [6.45, 7) is 9.16. The molecule has 1 aliphatic carbocycles. The van der Waals surface area contributed by atoms with Crippen LogP contribution in [0.2, 0.25) is 0 Å². The van der Waals surface area contributed by atoms with Gasteiger partial charge in [-0.05, 0) is 56.5 Å². The van der Waals surface area contributed by atoms with Gasteiger partial charge in [-0.3, -0.25) is 4.79 Å². The Balaban J connectivity index is 1.23. The number of aromatic nitrogens is 1. The van der Waals surface area contributed by atoms with Gasteiger partial charge in [0.05, 0.1) is 31.7 Å². The average Bonchev–Trinajstić information content (AvgIpc) is 3.15. The van der Waals surface area contributed by atoms with E-state index in [1.165, 1.54) is 0 Å². The summed E-state index contributed by atoms with van der Waals surface area (Å²) in [7, 11) is 0. The maximum absolute atomic E-state index is 13.0. The maximum Gasteiger partial charge on any atom is 0.306 e. The third-order valence-electron chi connectivity index (χ3n) is 6.24. The molecule has 1 saturated carbocycles. The molecule has 2 heterocycles. The second-order valence-corrected chi connectivity index (χ2v) is 10.6. The molecule has 0 N–H and O–H groups in total. The van der Waals surface area contributed by atoms with E-state index in [1.807, 2.05) is 58.0 Å². The van der Waals surface area contributed by atoms with Crippen molar-refractivity contribution in [2.24, 2.45) is 5.92 Å². The van der Waals surface area contributed by atoms with Crippen molar-refractivity contribution in [1.82, 2.24) is 4.98 Å². The van der Waals surface area contributed by atoms with Crippen molar-refractivity contribution in [3.63, 3.8) is 0 Å². The number of halogens is 2. The van der Waals surface area contributed by atoms with Crippen LogP contribution in [0.15, 0.2) is 42.6 Å². The van der Waals surface area contributed by atoms with E-state index in [9.17, 15) is 13.6 Å². The summed E-state index contributed by atoms with van der Waals surface area (Å²) in [6.07, 6.45) is 2.73. The molecule has 1 aromatic heterocycles. The van der Waals surface area contributed by atoms with Crippen molar-refractivity contribution in [2.75, 3.05) is 24.6 Å². The molecule has 35 heavy (non-hydrogen) atoms. The molecule has 1 saturated heterocycles. The molecule has 1 unspecified atom stereocenters. The molecule has 0 amide bonds. The van der Waals surface area contributed by atoms with Crippen LogP contribution in [-0.2, 0) is 9.53 Å². The van der Waals surface area contributed by atoms with E-state index in [4.69, 9.17) is 14.2 Å². The van der Waals surface area contributed by atoms with Gasteiger partial charge in [-0.2, -0.15) is 0 Å². The van der Waals surface area contributed by atoms with Crippen molar-refractivity contribution in [3.8, 4) is 11.5 Å². The molecule has 1 aromatic carbocycles. The lowest BCUT2D eigenvalue weighted by Crippen LogP contribution is -2.25. The normalized spacial score (nSPS) is 21.9. The zero-order valence-electron chi connectivity index (χ0n) is 20.8. The second-order valence-electron chi connectivity index (χ2n) is 10.6. The Hall–Kier alpha value is -2.90. The lowest BCUT2D eigenvalue weighted by Gasteiger charge is -2.21. The predicted molar refractivity (Wildman–Crippen MR) is 129 cm³/mol. The van der Waals surface area contributed by atoms with E-state index >= 15 is 0 Å². The van der Waals surface area contributed by atoms with Crippen LogP contribution in [0.4, 0.5) is 14.6 Å². The zero-order valence-corrected chi connectivity index (χ0v) is 20.8. The standard InChI is InChI=1S/C27H34F2N2O4/c1-18(13-25(32)35-26(2,3)4)19-5-7-21(8-6-19)34-23-11-12-31(16-23)24-10-9-22(15-30-24)33-17-20-14-27(20,28)29/h5-10,15,18,20,23H,11-14,16-17H2,1-4H3/t18-,20?,23-/m1/s1. The molecule has 190 valence electrons. The molecule has 8 heteroatoms. The topological polar surface area (TPSA) is 60.9 Å². The summed E-state index contributed by atoms with van der Waals surface area (Å²) in [5.41, 5.74) is 0.582. The number of hydrogen-bond donors (Lipinski definition) is 0. The first-order chi connectivity index (χ1) is 16.5. The van der Waals surface area contributed by atoms with Gasteiger partial charge in [0.1, 0.15) is 29.0 Å². The maximum atomic E-state index is 13.0. The molecule has 4 rings (SSSR count). The van der Waals surface area contributed by atoms with Gasteiger partial charge in [-0.1, -0.05) is 19.1 Å². The van der Waals surface area contributed by atoms with Crippen molar-refractivity contribution in [2.45, 2.75) is 70.5 Å². The van der Waals surface area contributed by atoms with Crippen LogP contribution in [0.5, 0.6) is 11.5 Å². The molecule has 0 spiro atoms. The molecular formula is C27H34F2N2O4. The number of pyridine rings is 1. The number of carbonyl (C=O) groups excluding carboxylic acids is 1. The van der Waals surface area contributed by atoms with Crippen molar-refractivity contribution >= 4 is 11.8 Å². The minimum Gasteiger partial charge on any atom is -0.491 e. The molecule has 2 aromatic rings. The minimum atomic E-state index is -2.57. The largest absolute Gasteiger partial charge is 0.491 e. The van der Waals surface area contributed by atoms with Crippen molar-refractivity contribution in [3.05, 3.63) is 48.2 Å². The number of ether oxygens (including phenoxy) is 3. The molecular weight excluding hydrogens is 454 g/mol. The molecule has 6 nitrogen and oxygen atoms in total. The van der Waals surface area contributed by atoms with Crippen LogP contribution < -0.4 is 14.4 Å². The molecule has 2 aliphatic rings. The van der Waals surface area contributed by atoms with E-state index in [0.717, 1.165) is 30.1 Å². The quantitative estimate of drug-likeness (QED) is 0.428. The highest BCUT2D eigenvalue weighted by Gasteiger charge is 2.57. The fourth-order valence-electron chi connectivity index (χ4n) is 4.14. The van der Waals surface area contributed by atoms with Gasteiger partial charge in [0.25, 0.3) is 5.92 Å². The Morgan fingerprint density at radius 2 is 1.86 bits per heavy atom. The van der Waals surface area contributed by atoms with Crippen LogP contribution in [0, 0.1) is 5.92 Å². The number of benzene rings is 1. The Kier molecular flexibility index (Phi) is 7.20. The minimum absolute atomic E-state index is 0.0201. The van der Waals surface area contributed by atoms with Crippen molar-refractivity contribution in [1.29, 1.82) is 0 Å². The van der Waals surface area contributed by atoms with E-state index < -0.39 is 17.4 Å². The number of rotatable bonds is 9. The first-order valence-corrected chi connectivity index (χ1v) is 12.2. The zero-order chi connectivity index (χ0) is 25.2. The highest BCUT2D eigenvalue weighted by Crippen LogP contribution is 2.48. The monoisotopic (exact) mass is 488 g/mol. The van der Waals surface area contributed by atoms with E-state index in [2.05, 4.69) is 9.88 Å².